The summed E-state index contributed by atoms with van der Waals surface area (Å²) in [7, 11) is 0. The van der Waals surface area contributed by atoms with Gasteiger partial charge in [0, 0.05) is 40.9 Å². The summed E-state index contributed by atoms with van der Waals surface area (Å²) in [5, 5.41) is 0. The third-order valence-corrected chi connectivity index (χ3v) is 16.7. The highest BCUT2D eigenvalue weighted by molar-refractivity contribution is 5.99. The Balaban J connectivity index is 0.777. The maximum absolute atomic E-state index is 5.40. The molecule has 1 spiro atoms. The van der Waals surface area contributed by atoms with Crippen LogP contribution in [0, 0.1) is 0 Å². The summed E-state index contributed by atoms with van der Waals surface area (Å²) < 4.78 is 0. The number of aromatic nitrogens is 4. The molecule has 75 heavy (non-hydrogen) atoms. The number of benzene rings is 10. The van der Waals surface area contributed by atoms with E-state index in [1.165, 1.54) is 100 Å². The predicted octanol–water partition coefficient (Wildman–Crippen LogP) is 16.6. The fraction of sp³-hybridized carbons (Fsp3) is 0.0423. The number of fused-ring (bicyclic) bond motifs is 10. The Bertz CT molecular complexity index is 4250. The minimum Gasteiger partial charge on any atom is -0.264 e. The molecule has 10 aromatic carbocycles. The van der Waals surface area contributed by atoms with Crippen molar-refractivity contribution >= 4 is 0 Å². The Morgan fingerprint density at radius 3 is 1.25 bits per heavy atom. The molecule has 5 aliphatic carbocycles. The molecule has 348 valence electrons. The van der Waals surface area contributed by atoms with E-state index in [2.05, 4.69) is 223 Å². The molecule has 0 aliphatic heterocycles. The van der Waals surface area contributed by atoms with Gasteiger partial charge in [0.05, 0.1) is 5.41 Å². The molecule has 2 unspecified atom stereocenters. The molecule has 2 aromatic heterocycles. The van der Waals surface area contributed by atoms with Crippen molar-refractivity contribution in [2.75, 3.05) is 0 Å². The first-order valence-corrected chi connectivity index (χ1v) is 25.9. The number of nitrogens with zero attached hydrogens (tertiary/aromatic N) is 4. The van der Waals surface area contributed by atoms with E-state index in [-0.39, 0.29) is 11.8 Å². The van der Waals surface area contributed by atoms with Crippen molar-refractivity contribution in [3.8, 4) is 89.8 Å². The van der Waals surface area contributed by atoms with Crippen molar-refractivity contribution < 1.29 is 0 Å². The molecule has 2 bridgehead atoms. The van der Waals surface area contributed by atoms with Crippen molar-refractivity contribution in [3.05, 3.63) is 311 Å². The summed E-state index contributed by atoms with van der Waals surface area (Å²) in [6.07, 6.45) is 3.74. The standard InChI is InChI=1S/C71H44N4/c1-2-14-46(15-3-1)68-73-69(75-70(74-68)58-22-12-26-64-67(58)57-21-8-11-25-63(57)71(64)61-23-9-6-17-51(61)52-18-7-10-24-62(52)71)47-33-31-44(32-34-47)49-36-38-56-60(41-49)66-54-20-5-4-19-53(54)65(56)59-40-48(35-37-55(59)66)43-27-29-45(30-28-43)50-16-13-39-72-42-50/h1-42,65-66H. The van der Waals surface area contributed by atoms with Gasteiger partial charge in [-0.25, -0.2) is 15.0 Å². The SMILES string of the molecule is c1ccc(-c2nc(-c3ccc(-c4ccc5c(c4)C4c6ccccc6C5c5cc(-c6ccc(-c7cccnc7)cc6)ccc54)cc3)nc(-c3cccc4c3-c3ccccc3C43c4ccccc4-c4ccccc43)n2)cc1. The molecule has 0 amide bonds. The highest BCUT2D eigenvalue weighted by atomic mass is 15.0. The minimum atomic E-state index is -0.468. The molecule has 2 heterocycles. The van der Waals surface area contributed by atoms with Crippen LogP contribution in [0.1, 0.15) is 67.5 Å². The van der Waals surface area contributed by atoms with Crippen LogP contribution in [0.25, 0.3) is 89.8 Å². The van der Waals surface area contributed by atoms with Gasteiger partial charge in [-0.3, -0.25) is 4.98 Å². The van der Waals surface area contributed by atoms with Crippen LogP contribution in [0.3, 0.4) is 0 Å². The highest BCUT2D eigenvalue weighted by Crippen LogP contribution is 2.64. The summed E-state index contributed by atoms with van der Waals surface area (Å²) >= 11 is 0. The van der Waals surface area contributed by atoms with E-state index in [0.29, 0.717) is 17.5 Å². The van der Waals surface area contributed by atoms with Gasteiger partial charge >= 0.3 is 0 Å². The Labute approximate surface area is 435 Å². The lowest BCUT2D eigenvalue weighted by Gasteiger charge is -2.42. The van der Waals surface area contributed by atoms with E-state index in [1.807, 2.05) is 36.7 Å². The van der Waals surface area contributed by atoms with Gasteiger partial charge < -0.3 is 0 Å². The van der Waals surface area contributed by atoms with Gasteiger partial charge in [0.15, 0.2) is 17.5 Å². The topological polar surface area (TPSA) is 51.6 Å². The van der Waals surface area contributed by atoms with Crippen molar-refractivity contribution in [2.24, 2.45) is 0 Å². The predicted molar refractivity (Wildman–Crippen MR) is 301 cm³/mol. The molecule has 4 nitrogen and oxygen atoms in total. The van der Waals surface area contributed by atoms with E-state index in [1.54, 1.807) is 0 Å². The summed E-state index contributed by atoms with van der Waals surface area (Å²) in [6.45, 7) is 0. The highest BCUT2D eigenvalue weighted by Gasteiger charge is 2.52. The molecule has 0 N–H and O–H groups in total. The number of pyridine rings is 1. The Hall–Kier alpha value is -9.64. The summed E-state index contributed by atoms with van der Waals surface area (Å²) in [4.78, 5) is 20.3. The van der Waals surface area contributed by atoms with Gasteiger partial charge in [-0.15, -0.1) is 0 Å². The molecular formula is C71H44N4. The van der Waals surface area contributed by atoms with E-state index in [9.17, 15) is 0 Å². The van der Waals surface area contributed by atoms with Crippen molar-refractivity contribution in [3.63, 3.8) is 0 Å². The quantitative estimate of drug-likeness (QED) is 0.167. The van der Waals surface area contributed by atoms with Gasteiger partial charge in [-0.2, -0.15) is 0 Å². The van der Waals surface area contributed by atoms with E-state index >= 15 is 0 Å². The molecule has 0 fully saturated rings. The third kappa shape index (κ3) is 6.11. The molecule has 0 saturated heterocycles. The van der Waals surface area contributed by atoms with E-state index < -0.39 is 5.41 Å². The minimum absolute atomic E-state index is 0.150. The zero-order chi connectivity index (χ0) is 49.2. The van der Waals surface area contributed by atoms with Crippen LogP contribution in [-0.2, 0) is 5.41 Å². The largest absolute Gasteiger partial charge is 0.264 e. The summed E-state index contributed by atoms with van der Waals surface area (Å²) in [6, 6.07) is 89.0. The first-order valence-electron chi connectivity index (χ1n) is 25.9. The summed E-state index contributed by atoms with van der Waals surface area (Å²) in [5.41, 5.74) is 28.0. The van der Waals surface area contributed by atoms with Crippen molar-refractivity contribution in [1.29, 1.82) is 0 Å². The van der Waals surface area contributed by atoms with Gasteiger partial charge in [-0.05, 0) is 129 Å². The second kappa shape index (κ2) is 16.2. The number of hydrogen-bond acceptors (Lipinski definition) is 4. The van der Waals surface area contributed by atoms with Crippen LogP contribution in [-0.4, -0.2) is 19.9 Å². The van der Waals surface area contributed by atoms with E-state index in [0.717, 1.165) is 27.8 Å². The summed E-state index contributed by atoms with van der Waals surface area (Å²) in [5.74, 6) is 2.25. The molecule has 0 radical (unpaired) electrons. The zero-order valence-corrected chi connectivity index (χ0v) is 40.7. The van der Waals surface area contributed by atoms with Gasteiger partial charge in [0.1, 0.15) is 0 Å². The molecular weight excluding hydrogens is 909 g/mol. The lowest BCUT2D eigenvalue weighted by molar-refractivity contribution is 0.755. The average molecular weight is 953 g/mol. The van der Waals surface area contributed by atoms with Crippen LogP contribution in [0.4, 0.5) is 0 Å². The van der Waals surface area contributed by atoms with Crippen LogP contribution >= 0.6 is 0 Å². The van der Waals surface area contributed by atoms with Crippen molar-refractivity contribution in [2.45, 2.75) is 17.3 Å². The molecule has 17 rings (SSSR count). The van der Waals surface area contributed by atoms with Crippen LogP contribution in [0.2, 0.25) is 0 Å². The second-order valence-corrected chi connectivity index (χ2v) is 20.4. The number of rotatable bonds is 6. The normalized spacial score (nSPS) is 15.3. The van der Waals surface area contributed by atoms with Crippen LogP contribution in [0.15, 0.2) is 255 Å². The third-order valence-electron chi connectivity index (χ3n) is 16.7. The molecule has 5 aliphatic rings. The average Bonchev–Trinajstić information content (AvgIpc) is 4.00. The second-order valence-electron chi connectivity index (χ2n) is 20.4. The molecule has 12 aromatic rings. The first-order chi connectivity index (χ1) is 37.2. The Morgan fingerprint density at radius 1 is 0.267 bits per heavy atom. The van der Waals surface area contributed by atoms with E-state index in [4.69, 9.17) is 15.0 Å². The molecule has 4 heteroatoms. The maximum atomic E-state index is 5.40. The lowest BCUT2D eigenvalue weighted by Crippen LogP contribution is -2.27. The van der Waals surface area contributed by atoms with Crippen LogP contribution < -0.4 is 0 Å². The fourth-order valence-corrected chi connectivity index (χ4v) is 13.4. The Morgan fingerprint density at radius 2 is 0.680 bits per heavy atom. The lowest BCUT2D eigenvalue weighted by atomic mass is 9.60. The fourth-order valence-electron chi connectivity index (χ4n) is 13.4. The van der Waals surface area contributed by atoms with Crippen LogP contribution in [0.5, 0.6) is 0 Å². The smallest absolute Gasteiger partial charge is 0.164 e. The monoisotopic (exact) mass is 952 g/mol. The molecule has 0 saturated carbocycles. The first kappa shape index (κ1) is 41.9. The molecule has 2 atom stereocenters. The number of hydrogen-bond donors (Lipinski definition) is 0. The van der Waals surface area contributed by atoms with Gasteiger partial charge in [0.25, 0.3) is 0 Å². The Kier molecular flexibility index (Phi) is 9.05. The van der Waals surface area contributed by atoms with Crippen molar-refractivity contribution in [1.82, 2.24) is 19.9 Å². The zero-order valence-electron chi connectivity index (χ0n) is 40.7. The van der Waals surface area contributed by atoms with Gasteiger partial charge in [-0.1, -0.05) is 224 Å². The maximum Gasteiger partial charge on any atom is 0.164 e. The van der Waals surface area contributed by atoms with Gasteiger partial charge in [0.2, 0.25) is 0 Å².